The maximum absolute atomic E-state index is 7.06. The monoisotopic (exact) mass is 776 g/mol. The minimum atomic E-state index is -0.0959. The van der Waals surface area contributed by atoms with E-state index < -0.39 is 0 Å². The molecule has 8 aromatic carbocycles. The fourth-order valence-corrected chi connectivity index (χ4v) is 10.6. The van der Waals surface area contributed by atoms with Crippen molar-refractivity contribution in [2.45, 2.75) is 78.6 Å². The van der Waals surface area contributed by atoms with Crippen LogP contribution in [0.3, 0.4) is 0 Å². The Morgan fingerprint density at radius 1 is 0.467 bits per heavy atom. The molecule has 0 spiro atoms. The molecule has 10 aromatic rings. The van der Waals surface area contributed by atoms with E-state index in [0.29, 0.717) is 0 Å². The van der Waals surface area contributed by atoms with E-state index in [1.807, 2.05) is 0 Å². The summed E-state index contributed by atoms with van der Waals surface area (Å²) in [6, 6.07) is 50.9. The van der Waals surface area contributed by atoms with Crippen LogP contribution < -0.4 is 15.8 Å². The molecule has 2 aromatic heterocycles. The van der Waals surface area contributed by atoms with Gasteiger partial charge >= 0.3 is 6.85 Å². The van der Waals surface area contributed by atoms with Crippen molar-refractivity contribution in [3.05, 3.63) is 150 Å². The Hall–Kier alpha value is -6.26. The summed E-state index contributed by atoms with van der Waals surface area (Å²) in [6.45, 7) is 20.9. The third kappa shape index (κ3) is 4.85. The Bertz CT molecular complexity index is 3510. The molecule has 2 aliphatic heterocycles. The highest BCUT2D eigenvalue weighted by Gasteiger charge is 2.45. The second-order valence-electron chi connectivity index (χ2n) is 20.6. The molecule has 0 saturated carbocycles. The lowest BCUT2D eigenvalue weighted by atomic mass is 9.44. The summed E-state index contributed by atoms with van der Waals surface area (Å²) in [5, 5.41) is 10.0. The van der Waals surface area contributed by atoms with Crippen molar-refractivity contribution in [3.8, 4) is 11.1 Å². The van der Waals surface area contributed by atoms with Crippen LogP contribution in [0.5, 0.6) is 0 Å². The lowest BCUT2D eigenvalue weighted by Crippen LogP contribution is -2.57. The van der Waals surface area contributed by atoms with Gasteiger partial charge in [-0.15, -0.1) is 0 Å². The Kier molecular flexibility index (Phi) is 6.97. The number of benzene rings is 8. The van der Waals surface area contributed by atoms with E-state index in [0.717, 1.165) is 16.9 Å². The first-order valence-corrected chi connectivity index (χ1v) is 21.6. The van der Waals surface area contributed by atoms with Crippen molar-refractivity contribution >= 4 is 100 Å². The molecule has 292 valence electrons. The van der Waals surface area contributed by atoms with Gasteiger partial charge in [0.05, 0.1) is 0 Å². The molecule has 0 bridgehead atoms. The predicted molar refractivity (Wildman–Crippen MR) is 258 cm³/mol. The van der Waals surface area contributed by atoms with Crippen molar-refractivity contribution in [1.29, 1.82) is 0 Å². The van der Waals surface area contributed by atoms with E-state index in [4.69, 9.17) is 4.42 Å². The van der Waals surface area contributed by atoms with Gasteiger partial charge in [-0.25, -0.2) is 0 Å². The second kappa shape index (κ2) is 11.7. The topological polar surface area (TPSA) is 21.3 Å². The first-order valence-electron chi connectivity index (χ1n) is 21.6. The van der Waals surface area contributed by atoms with E-state index in [1.165, 1.54) is 104 Å². The summed E-state index contributed by atoms with van der Waals surface area (Å²) in [4.78, 5) is 2.54. The molecule has 0 amide bonds. The van der Waals surface area contributed by atoms with Crippen LogP contribution in [0.15, 0.2) is 138 Å². The van der Waals surface area contributed by atoms with E-state index in [1.54, 1.807) is 0 Å². The SMILES string of the molecule is CC(C)(C)c1ccc2oc3cc4c5c(c3c2c1)-c1cc(C(C)(C)C)cc2c3cc(C(C)(C)C)ccc3n(c12)B5c1c(ccc2ccccc12)N4c1ccc2ccccc2c1. The maximum Gasteiger partial charge on any atom is 0.333 e. The molecule has 0 aliphatic carbocycles. The molecule has 12 rings (SSSR count). The third-order valence-electron chi connectivity index (χ3n) is 13.8. The summed E-state index contributed by atoms with van der Waals surface area (Å²) in [5.74, 6) is 0. The van der Waals surface area contributed by atoms with Crippen molar-refractivity contribution in [3.63, 3.8) is 0 Å². The number of nitrogens with zero attached hydrogens (tertiary/aromatic N) is 2. The smallest absolute Gasteiger partial charge is 0.333 e. The Labute approximate surface area is 352 Å². The number of anilines is 3. The highest BCUT2D eigenvalue weighted by atomic mass is 16.3. The standard InChI is InChI=1S/C56H49BN2O/c1-54(2,3)35-20-24-44-40(27-35)41-29-37(56(7,8)9)30-43-50-49-42-28-36(55(4,5)6)21-25-47(42)60-48(49)31-46-52(50)57(59(44)53(41)43)51-39-17-13-12-15-33(39)19-23-45(51)58(46)38-22-18-32-14-10-11-16-34(32)26-38/h10-31H,1-9H3. The maximum atomic E-state index is 7.06. The predicted octanol–water partition coefficient (Wildman–Crippen LogP) is 14.3. The summed E-state index contributed by atoms with van der Waals surface area (Å²) in [5.41, 5.74) is 17.1. The molecule has 0 N–H and O–H groups in total. The van der Waals surface area contributed by atoms with Crippen LogP contribution in [0.4, 0.5) is 17.1 Å². The van der Waals surface area contributed by atoms with Crippen molar-refractivity contribution in [1.82, 2.24) is 4.48 Å². The largest absolute Gasteiger partial charge is 0.456 e. The van der Waals surface area contributed by atoms with Gasteiger partial charge in [-0.2, -0.15) is 0 Å². The van der Waals surface area contributed by atoms with Crippen molar-refractivity contribution in [2.75, 3.05) is 4.90 Å². The summed E-state index contributed by atoms with van der Waals surface area (Å²) >= 11 is 0. The summed E-state index contributed by atoms with van der Waals surface area (Å²) < 4.78 is 9.79. The van der Waals surface area contributed by atoms with Crippen LogP contribution in [0.2, 0.25) is 0 Å². The van der Waals surface area contributed by atoms with Crippen LogP contribution in [0, 0.1) is 0 Å². The number of fused-ring (bicyclic) bond motifs is 14. The highest BCUT2D eigenvalue weighted by molar-refractivity contribution is 6.92. The number of furan rings is 1. The Morgan fingerprint density at radius 2 is 1.12 bits per heavy atom. The van der Waals surface area contributed by atoms with Gasteiger partial charge in [0.1, 0.15) is 11.2 Å². The fraction of sp³-hybridized carbons (Fsp3) is 0.214. The average Bonchev–Trinajstić information content (AvgIpc) is 3.75. The Morgan fingerprint density at radius 3 is 1.87 bits per heavy atom. The normalized spacial score (nSPS) is 14.0. The lowest BCUT2D eigenvalue weighted by Gasteiger charge is -2.41. The molecular weight excluding hydrogens is 727 g/mol. The molecule has 60 heavy (non-hydrogen) atoms. The summed E-state index contributed by atoms with van der Waals surface area (Å²) in [6.07, 6.45) is 0. The number of hydrogen-bond donors (Lipinski definition) is 0. The quantitative estimate of drug-likeness (QED) is 0.155. The minimum absolute atomic E-state index is 0.00399. The zero-order chi connectivity index (χ0) is 41.2. The number of rotatable bonds is 1. The van der Waals surface area contributed by atoms with E-state index in [2.05, 4.69) is 205 Å². The first-order chi connectivity index (χ1) is 28.6. The van der Waals surface area contributed by atoms with Crippen LogP contribution in [0.1, 0.15) is 79.0 Å². The first kappa shape index (κ1) is 35.7. The highest BCUT2D eigenvalue weighted by Crippen LogP contribution is 2.52. The van der Waals surface area contributed by atoms with Gasteiger partial charge in [0, 0.05) is 61.3 Å². The average molecular weight is 777 g/mol. The van der Waals surface area contributed by atoms with Crippen molar-refractivity contribution < 1.29 is 4.42 Å². The van der Waals surface area contributed by atoms with Gasteiger partial charge in [-0.1, -0.05) is 135 Å². The molecule has 4 heterocycles. The zero-order valence-corrected chi connectivity index (χ0v) is 36.1. The van der Waals surface area contributed by atoms with Gasteiger partial charge < -0.3 is 13.8 Å². The summed E-state index contributed by atoms with van der Waals surface area (Å²) in [7, 11) is 0. The Balaban J connectivity index is 1.34. The molecular formula is C56H49BN2O. The fourth-order valence-electron chi connectivity index (χ4n) is 10.6. The van der Waals surface area contributed by atoms with E-state index in [9.17, 15) is 0 Å². The van der Waals surface area contributed by atoms with E-state index >= 15 is 0 Å². The van der Waals surface area contributed by atoms with Gasteiger partial charge in [0.2, 0.25) is 0 Å². The molecule has 0 radical (unpaired) electrons. The molecule has 0 fully saturated rings. The minimum Gasteiger partial charge on any atom is -0.456 e. The molecule has 2 aliphatic rings. The zero-order valence-electron chi connectivity index (χ0n) is 36.1. The molecule has 3 nitrogen and oxygen atoms in total. The molecule has 0 atom stereocenters. The van der Waals surface area contributed by atoms with Crippen LogP contribution >= 0.6 is 0 Å². The molecule has 4 heteroatoms. The van der Waals surface area contributed by atoms with Gasteiger partial charge in [-0.05, 0) is 126 Å². The second-order valence-corrected chi connectivity index (χ2v) is 20.6. The van der Waals surface area contributed by atoms with Crippen LogP contribution in [-0.4, -0.2) is 11.3 Å². The molecule has 0 saturated heterocycles. The number of hydrogen-bond acceptors (Lipinski definition) is 2. The third-order valence-corrected chi connectivity index (χ3v) is 13.8. The van der Waals surface area contributed by atoms with Crippen LogP contribution in [-0.2, 0) is 16.2 Å². The van der Waals surface area contributed by atoms with Gasteiger partial charge in [0.15, 0.2) is 0 Å². The van der Waals surface area contributed by atoms with E-state index in [-0.39, 0.29) is 23.1 Å². The van der Waals surface area contributed by atoms with Crippen LogP contribution in [0.25, 0.3) is 76.4 Å². The molecule has 0 unspecified atom stereocenters. The van der Waals surface area contributed by atoms with Gasteiger partial charge in [0.25, 0.3) is 0 Å². The van der Waals surface area contributed by atoms with Gasteiger partial charge in [-0.3, -0.25) is 0 Å². The lowest BCUT2D eigenvalue weighted by molar-refractivity contribution is 0.590. The number of aromatic nitrogens is 1. The van der Waals surface area contributed by atoms with Crippen molar-refractivity contribution in [2.24, 2.45) is 0 Å².